The van der Waals surface area contributed by atoms with Gasteiger partial charge in [-0.05, 0) is 37.3 Å². The highest BCUT2D eigenvalue weighted by Gasteiger charge is 2.27. The molecular formula is C15H25N3O2S. The molecule has 1 aromatic carbocycles. The molecule has 1 fully saturated rings. The number of para-hydroxylation sites is 1. The smallest absolute Gasteiger partial charge is 0.244 e. The third-order valence-corrected chi connectivity index (χ3v) is 5.68. The fourth-order valence-electron chi connectivity index (χ4n) is 2.42. The number of nitrogens with zero attached hydrogens (tertiary/aromatic N) is 2. The van der Waals surface area contributed by atoms with Crippen LogP contribution in [-0.4, -0.2) is 39.9 Å². The molecule has 1 aromatic rings. The van der Waals surface area contributed by atoms with Gasteiger partial charge in [-0.2, -0.15) is 0 Å². The maximum atomic E-state index is 12.3. The summed E-state index contributed by atoms with van der Waals surface area (Å²) in [6.07, 6.45) is 3.53. The number of rotatable bonds is 7. The molecule has 6 heteroatoms. The average molecular weight is 311 g/mol. The van der Waals surface area contributed by atoms with Gasteiger partial charge in [0.15, 0.2) is 0 Å². The second-order valence-corrected chi connectivity index (χ2v) is 7.99. The monoisotopic (exact) mass is 311 g/mol. The van der Waals surface area contributed by atoms with Crippen molar-refractivity contribution in [1.29, 1.82) is 0 Å². The molecule has 0 radical (unpaired) electrons. The summed E-state index contributed by atoms with van der Waals surface area (Å²) in [6, 6.07) is 5.27. The molecule has 5 nitrogen and oxygen atoms in total. The van der Waals surface area contributed by atoms with Crippen molar-refractivity contribution in [3.8, 4) is 0 Å². The zero-order valence-corrected chi connectivity index (χ0v) is 13.9. The number of nitrogens with two attached hydrogens (primary N) is 1. The molecule has 118 valence electrons. The number of hydrogen-bond donors (Lipinski definition) is 1. The molecule has 0 aliphatic heterocycles. The molecular weight excluding hydrogens is 286 g/mol. The van der Waals surface area contributed by atoms with Gasteiger partial charge in [0.2, 0.25) is 10.0 Å². The third kappa shape index (κ3) is 3.49. The van der Waals surface area contributed by atoms with Gasteiger partial charge in [-0.3, -0.25) is 0 Å². The Balaban J connectivity index is 2.39. The maximum absolute atomic E-state index is 12.3. The zero-order valence-electron chi connectivity index (χ0n) is 13.0. The molecule has 0 unspecified atom stereocenters. The van der Waals surface area contributed by atoms with Crippen LogP contribution in [0.25, 0.3) is 0 Å². The minimum atomic E-state index is -3.51. The van der Waals surface area contributed by atoms with Crippen LogP contribution >= 0.6 is 0 Å². The van der Waals surface area contributed by atoms with E-state index in [9.17, 15) is 8.42 Å². The summed E-state index contributed by atoms with van der Waals surface area (Å²) in [4.78, 5) is 2.42. The van der Waals surface area contributed by atoms with Crippen molar-refractivity contribution in [3.05, 3.63) is 18.2 Å². The van der Waals surface area contributed by atoms with Crippen LogP contribution in [0, 0.1) is 5.92 Å². The largest absolute Gasteiger partial charge is 0.396 e. The van der Waals surface area contributed by atoms with Crippen LogP contribution in [0.1, 0.15) is 26.2 Å². The summed E-state index contributed by atoms with van der Waals surface area (Å²) in [5, 5.41) is 0. The Labute approximate surface area is 127 Å². The summed E-state index contributed by atoms with van der Waals surface area (Å²) in [5.74, 6) is 0.727. The average Bonchev–Trinajstić information content (AvgIpc) is 3.22. The van der Waals surface area contributed by atoms with Crippen LogP contribution in [0.2, 0.25) is 0 Å². The van der Waals surface area contributed by atoms with Crippen LogP contribution in [0.4, 0.5) is 11.4 Å². The Morgan fingerprint density at radius 2 is 1.95 bits per heavy atom. The van der Waals surface area contributed by atoms with E-state index < -0.39 is 10.0 Å². The van der Waals surface area contributed by atoms with Crippen molar-refractivity contribution >= 4 is 21.4 Å². The first-order valence-electron chi connectivity index (χ1n) is 7.44. The van der Waals surface area contributed by atoms with Gasteiger partial charge in [0.1, 0.15) is 4.90 Å². The quantitative estimate of drug-likeness (QED) is 0.784. The summed E-state index contributed by atoms with van der Waals surface area (Å²) in [6.45, 7) is 3.98. The lowest BCUT2D eigenvalue weighted by Crippen LogP contribution is -2.29. The predicted octanol–water partition coefficient (Wildman–Crippen LogP) is 2.15. The van der Waals surface area contributed by atoms with E-state index >= 15 is 0 Å². The molecule has 0 amide bonds. The Hall–Kier alpha value is -1.27. The fourth-order valence-corrected chi connectivity index (χ4v) is 3.45. The first-order chi connectivity index (χ1) is 9.87. The molecule has 1 saturated carbocycles. The Kier molecular flexibility index (Phi) is 4.78. The third-order valence-electron chi connectivity index (χ3n) is 3.81. The van der Waals surface area contributed by atoms with Crippen molar-refractivity contribution in [2.75, 3.05) is 37.8 Å². The molecule has 21 heavy (non-hydrogen) atoms. The molecule has 0 aromatic heterocycles. The number of hydrogen-bond acceptors (Lipinski definition) is 4. The van der Waals surface area contributed by atoms with E-state index in [1.165, 1.54) is 31.2 Å². The van der Waals surface area contributed by atoms with E-state index in [0.717, 1.165) is 31.1 Å². The summed E-state index contributed by atoms with van der Waals surface area (Å²) in [7, 11) is -0.463. The molecule has 0 saturated heterocycles. The van der Waals surface area contributed by atoms with Gasteiger partial charge in [-0.15, -0.1) is 0 Å². The SMILES string of the molecule is CCCN(CC1CC1)c1cccc(S(=O)(=O)N(C)C)c1N. The van der Waals surface area contributed by atoms with Gasteiger partial charge < -0.3 is 10.6 Å². The maximum Gasteiger partial charge on any atom is 0.244 e. The molecule has 1 aliphatic carbocycles. The lowest BCUT2D eigenvalue weighted by molar-refractivity contribution is 0.521. The van der Waals surface area contributed by atoms with E-state index in [1.807, 2.05) is 6.07 Å². The number of benzene rings is 1. The van der Waals surface area contributed by atoms with E-state index in [2.05, 4.69) is 11.8 Å². The summed E-state index contributed by atoms with van der Waals surface area (Å²) < 4.78 is 25.9. The molecule has 2 N–H and O–H groups in total. The number of anilines is 2. The molecule has 0 heterocycles. The van der Waals surface area contributed by atoms with Gasteiger partial charge in [0.25, 0.3) is 0 Å². The van der Waals surface area contributed by atoms with Crippen LogP contribution in [-0.2, 0) is 10.0 Å². The highest BCUT2D eigenvalue weighted by atomic mass is 32.2. The molecule has 0 bridgehead atoms. The Morgan fingerprint density at radius 3 is 2.48 bits per heavy atom. The minimum Gasteiger partial charge on any atom is -0.396 e. The van der Waals surface area contributed by atoms with Crippen LogP contribution in [0.3, 0.4) is 0 Å². The molecule has 1 aliphatic rings. The van der Waals surface area contributed by atoms with Crippen molar-refractivity contribution in [3.63, 3.8) is 0 Å². The summed E-state index contributed by atoms with van der Waals surface area (Å²) >= 11 is 0. The molecule has 0 spiro atoms. The van der Waals surface area contributed by atoms with Gasteiger partial charge in [0, 0.05) is 27.2 Å². The number of nitrogen functional groups attached to an aromatic ring is 1. The Bertz CT molecular complexity index is 595. The minimum absolute atomic E-state index is 0.196. The van der Waals surface area contributed by atoms with Crippen molar-refractivity contribution in [1.82, 2.24) is 4.31 Å². The highest BCUT2D eigenvalue weighted by Crippen LogP contribution is 2.35. The topological polar surface area (TPSA) is 66.6 Å². The van der Waals surface area contributed by atoms with E-state index in [4.69, 9.17) is 5.73 Å². The fraction of sp³-hybridized carbons (Fsp3) is 0.600. The van der Waals surface area contributed by atoms with E-state index in [-0.39, 0.29) is 4.90 Å². The lowest BCUT2D eigenvalue weighted by atomic mass is 10.2. The van der Waals surface area contributed by atoms with Crippen LogP contribution in [0.5, 0.6) is 0 Å². The highest BCUT2D eigenvalue weighted by molar-refractivity contribution is 7.89. The van der Waals surface area contributed by atoms with Gasteiger partial charge >= 0.3 is 0 Å². The molecule has 2 rings (SSSR count). The second-order valence-electron chi connectivity index (χ2n) is 5.87. The molecule has 0 atom stereocenters. The van der Waals surface area contributed by atoms with Gasteiger partial charge in [-0.1, -0.05) is 13.0 Å². The zero-order chi connectivity index (χ0) is 15.6. The standard InChI is InChI=1S/C15H25N3O2S/c1-4-10-18(11-12-8-9-12)13-6-5-7-14(15(13)16)21(19,20)17(2)3/h5-7,12H,4,8-11,16H2,1-3H3. The lowest BCUT2D eigenvalue weighted by Gasteiger charge is -2.27. The van der Waals surface area contributed by atoms with Crippen molar-refractivity contribution in [2.24, 2.45) is 5.92 Å². The second kappa shape index (κ2) is 6.23. The Morgan fingerprint density at radius 1 is 1.29 bits per heavy atom. The van der Waals surface area contributed by atoms with E-state index in [1.54, 1.807) is 12.1 Å². The van der Waals surface area contributed by atoms with Gasteiger partial charge in [-0.25, -0.2) is 12.7 Å². The van der Waals surface area contributed by atoms with Crippen LogP contribution in [0.15, 0.2) is 23.1 Å². The first kappa shape index (κ1) is 16.1. The van der Waals surface area contributed by atoms with E-state index in [0.29, 0.717) is 5.69 Å². The number of sulfonamides is 1. The van der Waals surface area contributed by atoms with Gasteiger partial charge in [0.05, 0.1) is 11.4 Å². The summed E-state index contributed by atoms with van der Waals surface area (Å²) in [5.41, 5.74) is 7.39. The normalized spacial score (nSPS) is 15.4. The van der Waals surface area contributed by atoms with Crippen LogP contribution < -0.4 is 10.6 Å². The predicted molar refractivity (Wildman–Crippen MR) is 87.0 cm³/mol. The first-order valence-corrected chi connectivity index (χ1v) is 8.88. The van der Waals surface area contributed by atoms with Crippen molar-refractivity contribution < 1.29 is 8.42 Å². The van der Waals surface area contributed by atoms with Crippen molar-refractivity contribution in [2.45, 2.75) is 31.1 Å².